The molecule has 4 rings (SSSR count). The summed E-state index contributed by atoms with van der Waals surface area (Å²) in [7, 11) is 0. The molecule has 0 unspecified atom stereocenters. The molecule has 0 spiro atoms. The lowest BCUT2D eigenvalue weighted by molar-refractivity contribution is -0.137. The molecule has 2 N–H and O–H groups in total. The molecule has 36 heavy (non-hydrogen) atoms. The van der Waals surface area contributed by atoms with Crippen LogP contribution >= 0.6 is 11.8 Å². The molecular formula is C27H25F3N4OS. The Bertz CT molecular complexity index is 1290. The summed E-state index contributed by atoms with van der Waals surface area (Å²) in [5, 5.41) is 6.14. The average molecular weight is 511 g/mol. The maximum absolute atomic E-state index is 12.7. The smallest absolute Gasteiger partial charge is 0.337 e. The van der Waals surface area contributed by atoms with E-state index in [1.54, 1.807) is 0 Å². The molecule has 0 saturated heterocycles. The van der Waals surface area contributed by atoms with Crippen molar-refractivity contribution in [2.75, 3.05) is 17.6 Å². The van der Waals surface area contributed by atoms with Gasteiger partial charge in [0, 0.05) is 35.7 Å². The van der Waals surface area contributed by atoms with E-state index in [0.717, 1.165) is 46.3 Å². The van der Waals surface area contributed by atoms with Crippen LogP contribution < -0.4 is 10.6 Å². The van der Waals surface area contributed by atoms with E-state index < -0.39 is 17.8 Å². The fourth-order valence-electron chi connectivity index (χ4n) is 3.75. The Balaban J connectivity index is 1.42. The largest absolute Gasteiger partial charge is 0.416 e. The first kappa shape index (κ1) is 25.4. The third-order valence-electron chi connectivity index (χ3n) is 5.43. The molecule has 0 bridgehead atoms. The van der Waals surface area contributed by atoms with Gasteiger partial charge in [-0.25, -0.2) is 9.78 Å². The van der Waals surface area contributed by atoms with Gasteiger partial charge in [0.05, 0.1) is 17.0 Å². The zero-order valence-corrected chi connectivity index (χ0v) is 20.4. The first-order valence-corrected chi connectivity index (χ1v) is 12.4. The van der Waals surface area contributed by atoms with E-state index in [-0.39, 0.29) is 5.69 Å². The SMILES string of the molecule is CCn1c(SCCNC(=O)Nc2ccc(C(F)(F)F)cc2)nc(-c2ccccc2)c1-c1ccccc1. The minimum absolute atomic E-state index is 0.287. The normalized spacial score (nSPS) is 11.3. The Kier molecular flexibility index (Phi) is 8.00. The zero-order chi connectivity index (χ0) is 25.5. The molecular weight excluding hydrogens is 485 g/mol. The zero-order valence-electron chi connectivity index (χ0n) is 19.5. The number of alkyl halides is 3. The number of nitrogens with zero attached hydrogens (tertiary/aromatic N) is 2. The number of aromatic nitrogens is 2. The summed E-state index contributed by atoms with van der Waals surface area (Å²) in [6.07, 6.45) is -4.41. The molecule has 0 aliphatic rings. The molecule has 2 amide bonds. The van der Waals surface area contributed by atoms with Crippen LogP contribution in [-0.2, 0) is 12.7 Å². The minimum Gasteiger partial charge on any atom is -0.337 e. The summed E-state index contributed by atoms with van der Waals surface area (Å²) in [4.78, 5) is 17.1. The van der Waals surface area contributed by atoms with Crippen molar-refractivity contribution in [2.24, 2.45) is 0 Å². The number of nitrogens with one attached hydrogen (secondary N) is 2. The molecule has 0 aliphatic heterocycles. The minimum atomic E-state index is -4.41. The van der Waals surface area contributed by atoms with Gasteiger partial charge in [0.25, 0.3) is 0 Å². The molecule has 186 valence electrons. The van der Waals surface area contributed by atoms with Crippen LogP contribution in [0.3, 0.4) is 0 Å². The van der Waals surface area contributed by atoms with Gasteiger partial charge in [-0.15, -0.1) is 0 Å². The maximum atomic E-state index is 12.7. The van der Waals surface area contributed by atoms with Crippen LogP contribution in [0, 0.1) is 0 Å². The van der Waals surface area contributed by atoms with Crippen LogP contribution in [0.5, 0.6) is 0 Å². The van der Waals surface area contributed by atoms with Crippen molar-refractivity contribution >= 4 is 23.5 Å². The highest BCUT2D eigenvalue weighted by atomic mass is 32.2. The van der Waals surface area contributed by atoms with E-state index in [9.17, 15) is 18.0 Å². The van der Waals surface area contributed by atoms with Crippen LogP contribution in [0.4, 0.5) is 23.7 Å². The number of benzene rings is 3. The summed E-state index contributed by atoms with van der Waals surface area (Å²) in [6, 6.07) is 24.0. The second kappa shape index (κ2) is 11.3. The number of thioether (sulfide) groups is 1. The van der Waals surface area contributed by atoms with Crippen molar-refractivity contribution in [3.05, 3.63) is 90.5 Å². The number of imidazole rings is 1. The lowest BCUT2D eigenvalue weighted by Gasteiger charge is -2.11. The van der Waals surface area contributed by atoms with Gasteiger partial charge in [0.1, 0.15) is 0 Å². The lowest BCUT2D eigenvalue weighted by Crippen LogP contribution is -2.30. The fraction of sp³-hybridized carbons (Fsp3) is 0.185. The molecule has 3 aromatic carbocycles. The fourth-order valence-corrected chi connectivity index (χ4v) is 4.67. The Morgan fingerprint density at radius 3 is 2.11 bits per heavy atom. The van der Waals surface area contributed by atoms with Gasteiger partial charge in [-0.3, -0.25) is 0 Å². The second-order valence-corrected chi connectivity index (χ2v) is 8.93. The van der Waals surface area contributed by atoms with Gasteiger partial charge in [0.2, 0.25) is 0 Å². The Hall–Kier alpha value is -3.72. The number of carbonyl (C=O) groups excluding carboxylic acids is 1. The first-order valence-electron chi connectivity index (χ1n) is 11.4. The summed E-state index contributed by atoms with van der Waals surface area (Å²) in [5.41, 5.74) is 3.57. The summed E-state index contributed by atoms with van der Waals surface area (Å²) in [5.74, 6) is 0.569. The Morgan fingerprint density at radius 1 is 0.917 bits per heavy atom. The molecule has 5 nitrogen and oxygen atoms in total. The number of carbonyl (C=O) groups is 1. The topological polar surface area (TPSA) is 59.0 Å². The molecule has 0 fully saturated rings. The van der Waals surface area contributed by atoms with Gasteiger partial charge in [-0.2, -0.15) is 13.2 Å². The number of hydrogen-bond acceptors (Lipinski definition) is 3. The molecule has 0 radical (unpaired) electrons. The molecule has 0 atom stereocenters. The van der Waals surface area contributed by atoms with Crippen LogP contribution in [0.25, 0.3) is 22.5 Å². The van der Waals surface area contributed by atoms with Crippen LogP contribution in [0.2, 0.25) is 0 Å². The summed E-state index contributed by atoms with van der Waals surface area (Å²) >= 11 is 1.53. The molecule has 1 heterocycles. The summed E-state index contributed by atoms with van der Waals surface area (Å²) < 4.78 is 40.2. The lowest BCUT2D eigenvalue weighted by atomic mass is 10.0. The third kappa shape index (κ3) is 6.09. The van der Waals surface area contributed by atoms with Crippen molar-refractivity contribution < 1.29 is 18.0 Å². The van der Waals surface area contributed by atoms with Crippen molar-refractivity contribution in [1.29, 1.82) is 0 Å². The van der Waals surface area contributed by atoms with E-state index in [1.807, 2.05) is 48.5 Å². The van der Waals surface area contributed by atoms with E-state index in [2.05, 4.69) is 34.3 Å². The number of hydrogen-bond donors (Lipinski definition) is 2. The predicted molar refractivity (Wildman–Crippen MR) is 138 cm³/mol. The van der Waals surface area contributed by atoms with Crippen molar-refractivity contribution in [1.82, 2.24) is 14.9 Å². The number of halogens is 3. The van der Waals surface area contributed by atoms with Crippen LogP contribution in [0.1, 0.15) is 12.5 Å². The second-order valence-electron chi connectivity index (χ2n) is 7.87. The van der Waals surface area contributed by atoms with Crippen molar-refractivity contribution in [3.63, 3.8) is 0 Å². The van der Waals surface area contributed by atoms with E-state index in [4.69, 9.17) is 4.98 Å². The number of urea groups is 1. The first-order chi connectivity index (χ1) is 17.4. The number of rotatable bonds is 8. The third-order valence-corrected chi connectivity index (χ3v) is 6.41. The molecule has 4 aromatic rings. The van der Waals surface area contributed by atoms with Crippen molar-refractivity contribution in [2.45, 2.75) is 24.8 Å². The van der Waals surface area contributed by atoms with Gasteiger partial charge < -0.3 is 15.2 Å². The highest BCUT2D eigenvalue weighted by Crippen LogP contribution is 2.36. The molecule has 0 aliphatic carbocycles. The predicted octanol–water partition coefficient (Wildman–Crippen LogP) is 7.17. The maximum Gasteiger partial charge on any atom is 0.416 e. The summed E-state index contributed by atoms with van der Waals surface area (Å²) in [6.45, 7) is 3.16. The number of amides is 2. The molecule has 1 aromatic heterocycles. The van der Waals surface area contributed by atoms with Gasteiger partial charge in [-0.1, -0.05) is 72.4 Å². The van der Waals surface area contributed by atoms with Crippen LogP contribution in [-0.4, -0.2) is 27.9 Å². The van der Waals surface area contributed by atoms with E-state index in [0.29, 0.717) is 12.3 Å². The van der Waals surface area contributed by atoms with Gasteiger partial charge in [0.15, 0.2) is 5.16 Å². The highest BCUT2D eigenvalue weighted by molar-refractivity contribution is 7.99. The highest BCUT2D eigenvalue weighted by Gasteiger charge is 2.30. The van der Waals surface area contributed by atoms with Crippen molar-refractivity contribution in [3.8, 4) is 22.5 Å². The van der Waals surface area contributed by atoms with Crippen LogP contribution in [0.15, 0.2) is 90.1 Å². The van der Waals surface area contributed by atoms with E-state index in [1.165, 1.54) is 23.9 Å². The molecule has 0 saturated carbocycles. The van der Waals surface area contributed by atoms with Gasteiger partial charge >= 0.3 is 12.2 Å². The standard InChI is InChI=1S/C27H25F3N4OS/c1-2-34-24(20-11-7-4-8-12-20)23(19-9-5-3-6-10-19)33-26(34)36-18-17-31-25(35)32-22-15-13-21(14-16-22)27(28,29)30/h3-16H,2,17-18H2,1H3,(H2,31,32,35). The Morgan fingerprint density at radius 2 is 1.53 bits per heavy atom. The van der Waals surface area contributed by atoms with Gasteiger partial charge in [-0.05, 0) is 31.2 Å². The van der Waals surface area contributed by atoms with E-state index >= 15 is 0 Å². The average Bonchev–Trinajstić information content (AvgIpc) is 3.26. The monoisotopic (exact) mass is 510 g/mol. The quantitative estimate of drug-likeness (QED) is 0.195. The Labute approximate surface area is 211 Å². The number of anilines is 1. The molecule has 9 heteroatoms.